The molecule has 0 spiro atoms. The normalized spacial score (nSPS) is 17.0. The van der Waals surface area contributed by atoms with Gasteiger partial charge in [0.1, 0.15) is 0 Å². The van der Waals surface area contributed by atoms with Crippen molar-refractivity contribution in [3.63, 3.8) is 0 Å². The highest BCUT2D eigenvalue weighted by atomic mass is 16.5. The van der Waals surface area contributed by atoms with Gasteiger partial charge in [-0.1, -0.05) is 12.1 Å². The van der Waals surface area contributed by atoms with Gasteiger partial charge in [0.25, 0.3) is 5.56 Å². The fourth-order valence-corrected chi connectivity index (χ4v) is 3.94. The van der Waals surface area contributed by atoms with E-state index < -0.39 is 0 Å². The molecule has 164 valence electrons. The smallest absolute Gasteiger partial charge is 0.269 e. The van der Waals surface area contributed by atoms with E-state index in [9.17, 15) is 4.79 Å². The molecule has 0 N–H and O–H groups in total. The molecule has 1 aliphatic heterocycles. The van der Waals surface area contributed by atoms with Gasteiger partial charge in [-0.3, -0.25) is 9.69 Å². The number of hydrogen-bond donors (Lipinski definition) is 0. The summed E-state index contributed by atoms with van der Waals surface area (Å²) in [6.07, 6.45) is 3.72. The fraction of sp³-hybridized carbons (Fsp3) is 0.545. The lowest BCUT2D eigenvalue weighted by Gasteiger charge is -2.33. The standard InChI is InChI=1S/C22H32N4O4/c1-24(11-12-28-2)19-13-21(27)26(23-14-19)18-8-6-10-25(16-18)15-17-7-5-9-20(29-3)22(17)30-4/h5,7,9,13-14,18H,6,8,10-12,15-16H2,1-4H3/t18-/m1/s1. The van der Waals surface area contributed by atoms with Crippen LogP contribution < -0.4 is 19.9 Å². The molecule has 1 saturated heterocycles. The molecule has 1 fully saturated rings. The van der Waals surface area contributed by atoms with Gasteiger partial charge in [-0.15, -0.1) is 0 Å². The molecule has 0 amide bonds. The van der Waals surface area contributed by atoms with E-state index in [1.54, 1.807) is 38.3 Å². The van der Waals surface area contributed by atoms with Crippen molar-refractivity contribution in [3.05, 3.63) is 46.4 Å². The summed E-state index contributed by atoms with van der Waals surface area (Å²) in [5, 5.41) is 4.48. The quantitative estimate of drug-likeness (QED) is 0.621. The number of para-hydroxylation sites is 1. The zero-order valence-electron chi connectivity index (χ0n) is 18.3. The maximum atomic E-state index is 12.8. The number of aromatic nitrogens is 2. The van der Waals surface area contributed by atoms with Gasteiger partial charge < -0.3 is 19.1 Å². The second kappa shape index (κ2) is 10.4. The highest BCUT2D eigenvalue weighted by Crippen LogP contribution is 2.32. The van der Waals surface area contributed by atoms with E-state index in [4.69, 9.17) is 14.2 Å². The van der Waals surface area contributed by atoms with Crippen LogP contribution in [0.25, 0.3) is 0 Å². The zero-order chi connectivity index (χ0) is 21.5. The van der Waals surface area contributed by atoms with Crippen molar-refractivity contribution in [1.29, 1.82) is 0 Å². The Hall–Kier alpha value is -2.58. The first-order chi connectivity index (χ1) is 14.6. The molecule has 8 nitrogen and oxygen atoms in total. The molecule has 0 radical (unpaired) electrons. The lowest BCUT2D eigenvalue weighted by molar-refractivity contribution is 0.158. The van der Waals surface area contributed by atoms with E-state index in [1.165, 1.54) is 0 Å². The van der Waals surface area contributed by atoms with Crippen molar-refractivity contribution in [2.24, 2.45) is 0 Å². The Bertz CT molecular complexity index is 886. The number of rotatable bonds is 9. The molecular formula is C22H32N4O4. The second-order valence-electron chi connectivity index (χ2n) is 7.59. The number of hydrogen-bond acceptors (Lipinski definition) is 7. The first kappa shape index (κ1) is 22.1. The third kappa shape index (κ3) is 5.12. The predicted octanol–water partition coefficient (Wildman–Crippen LogP) is 2.18. The Morgan fingerprint density at radius 2 is 2.07 bits per heavy atom. The van der Waals surface area contributed by atoms with Crippen LogP contribution in [0.2, 0.25) is 0 Å². The summed E-state index contributed by atoms with van der Waals surface area (Å²) in [4.78, 5) is 17.1. The van der Waals surface area contributed by atoms with E-state index in [0.29, 0.717) is 13.2 Å². The number of anilines is 1. The molecule has 1 aromatic carbocycles. The Morgan fingerprint density at radius 1 is 1.23 bits per heavy atom. The Labute approximate surface area is 178 Å². The molecule has 3 rings (SSSR count). The topological polar surface area (TPSA) is 69.1 Å². The molecule has 1 atom stereocenters. The minimum Gasteiger partial charge on any atom is -0.493 e. The van der Waals surface area contributed by atoms with Crippen LogP contribution >= 0.6 is 0 Å². The average molecular weight is 417 g/mol. The number of methoxy groups -OCH3 is 3. The van der Waals surface area contributed by atoms with E-state index >= 15 is 0 Å². The Kier molecular flexibility index (Phi) is 7.70. The van der Waals surface area contributed by atoms with Gasteiger partial charge in [-0.05, 0) is 25.5 Å². The SMILES string of the molecule is COCCN(C)c1cnn([C@@H]2CCCN(Cc3cccc(OC)c3OC)C2)c(=O)c1. The van der Waals surface area contributed by atoms with Gasteiger partial charge in [-0.25, -0.2) is 4.68 Å². The van der Waals surface area contributed by atoms with Crippen molar-refractivity contribution in [3.8, 4) is 11.5 Å². The van der Waals surface area contributed by atoms with Crippen LogP contribution in [0.5, 0.6) is 11.5 Å². The predicted molar refractivity (Wildman–Crippen MR) is 117 cm³/mol. The molecule has 1 aromatic heterocycles. The fourth-order valence-electron chi connectivity index (χ4n) is 3.94. The molecule has 0 unspecified atom stereocenters. The number of likely N-dealkylation sites (tertiary alicyclic amines) is 1. The van der Waals surface area contributed by atoms with Crippen LogP contribution in [-0.4, -0.2) is 69.3 Å². The maximum absolute atomic E-state index is 12.8. The number of nitrogens with zero attached hydrogens (tertiary/aromatic N) is 4. The third-order valence-corrected chi connectivity index (χ3v) is 5.59. The second-order valence-corrected chi connectivity index (χ2v) is 7.59. The summed E-state index contributed by atoms with van der Waals surface area (Å²) >= 11 is 0. The Balaban J connectivity index is 1.72. The molecule has 2 heterocycles. The summed E-state index contributed by atoms with van der Waals surface area (Å²) < 4.78 is 17.7. The van der Waals surface area contributed by atoms with E-state index in [-0.39, 0.29) is 11.6 Å². The van der Waals surface area contributed by atoms with E-state index in [2.05, 4.69) is 16.1 Å². The molecule has 0 saturated carbocycles. The van der Waals surface area contributed by atoms with Crippen molar-refractivity contribution in [1.82, 2.24) is 14.7 Å². The van der Waals surface area contributed by atoms with Gasteiger partial charge in [0.2, 0.25) is 0 Å². The Morgan fingerprint density at radius 3 is 2.77 bits per heavy atom. The summed E-state index contributed by atoms with van der Waals surface area (Å²) in [5.41, 5.74) is 1.82. The average Bonchev–Trinajstić information content (AvgIpc) is 2.77. The molecule has 0 aliphatic carbocycles. The van der Waals surface area contributed by atoms with Crippen molar-refractivity contribution >= 4 is 5.69 Å². The van der Waals surface area contributed by atoms with E-state index in [0.717, 1.165) is 55.2 Å². The van der Waals surface area contributed by atoms with Crippen molar-refractivity contribution in [2.75, 3.05) is 59.5 Å². The van der Waals surface area contributed by atoms with Crippen LogP contribution in [0.4, 0.5) is 5.69 Å². The molecule has 0 bridgehead atoms. The van der Waals surface area contributed by atoms with Crippen molar-refractivity contribution in [2.45, 2.75) is 25.4 Å². The first-order valence-corrected chi connectivity index (χ1v) is 10.3. The van der Waals surface area contributed by atoms with Gasteiger partial charge in [0.05, 0.1) is 38.8 Å². The van der Waals surface area contributed by atoms with Crippen LogP contribution in [-0.2, 0) is 11.3 Å². The monoisotopic (exact) mass is 416 g/mol. The third-order valence-electron chi connectivity index (χ3n) is 5.59. The summed E-state index contributed by atoms with van der Waals surface area (Å²) in [6.45, 7) is 3.80. The lowest BCUT2D eigenvalue weighted by atomic mass is 10.0. The minimum atomic E-state index is -0.0671. The van der Waals surface area contributed by atoms with Gasteiger partial charge in [-0.2, -0.15) is 5.10 Å². The number of ether oxygens (including phenoxy) is 3. The number of likely N-dealkylation sites (N-methyl/N-ethyl adjacent to an activating group) is 1. The van der Waals surface area contributed by atoms with Crippen LogP contribution in [0.15, 0.2) is 35.3 Å². The summed E-state index contributed by atoms with van der Waals surface area (Å²) in [5.74, 6) is 1.50. The lowest BCUT2D eigenvalue weighted by Crippen LogP contribution is -2.40. The molecular weight excluding hydrogens is 384 g/mol. The number of piperidine rings is 1. The van der Waals surface area contributed by atoms with Crippen LogP contribution in [0.1, 0.15) is 24.4 Å². The number of benzene rings is 1. The first-order valence-electron chi connectivity index (χ1n) is 10.3. The summed E-state index contributed by atoms with van der Waals surface area (Å²) in [7, 11) is 6.91. The summed E-state index contributed by atoms with van der Waals surface area (Å²) in [6, 6.07) is 7.65. The van der Waals surface area contributed by atoms with Crippen LogP contribution in [0, 0.1) is 0 Å². The molecule has 8 heteroatoms. The molecule has 2 aromatic rings. The van der Waals surface area contributed by atoms with Gasteiger partial charge >= 0.3 is 0 Å². The molecule has 30 heavy (non-hydrogen) atoms. The van der Waals surface area contributed by atoms with Crippen LogP contribution in [0.3, 0.4) is 0 Å². The molecule has 1 aliphatic rings. The van der Waals surface area contributed by atoms with Gasteiger partial charge in [0, 0.05) is 45.4 Å². The highest BCUT2D eigenvalue weighted by Gasteiger charge is 2.24. The van der Waals surface area contributed by atoms with Crippen molar-refractivity contribution < 1.29 is 14.2 Å². The largest absolute Gasteiger partial charge is 0.493 e. The van der Waals surface area contributed by atoms with E-state index in [1.807, 2.05) is 24.1 Å². The minimum absolute atomic E-state index is 0.0567. The highest BCUT2D eigenvalue weighted by molar-refractivity contribution is 5.46. The zero-order valence-corrected chi connectivity index (χ0v) is 18.3. The maximum Gasteiger partial charge on any atom is 0.269 e. The van der Waals surface area contributed by atoms with Gasteiger partial charge in [0.15, 0.2) is 11.5 Å².